The summed E-state index contributed by atoms with van der Waals surface area (Å²) in [7, 11) is 1.17. The minimum absolute atomic E-state index is 0.0607. The fourth-order valence-electron chi connectivity index (χ4n) is 3.70. The average Bonchev–Trinajstić information content (AvgIpc) is 3.31. The van der Waals surface area contributed by atoms with Crippen LogP contribution in [-0.4, -0.2) is 69.6 Å². The molecule has 0 saturated carbocycles. The summed E-state index contributed by atoms with van der Waals surface area (Å²) in [6, 6.07) is -0.582. The summed E-state index contributed by atoms with van der Waals surface area (Å²) in [4.78, 5) is 31.7. The Morgan fingerprint density at radius 2 is 1.93 bits per heavy atom. The Morgan fingerprint density at radius 3 is 2.65 bits per heavy atom. The van der Waals surface area contributed by atoms with Crippen molar-refractivity contribution in [3.8, 4) is 0 Å². The quantitative estimate of drug-likeness (QED) is 0.279. The summed E-state index contributed by atoms with van der Waals surface area (Å²) in [5, 5.41) is 2.70. The molecule has 0 aliphatic carbocycles. The van der Waals surface area contributed by atoms with Gasteiger partial charge in [0.2, 0.25) is 10.9 Å². The van der Waals surface area contributed by atoms with Crippen molar-refractivity contribution in [1.82, 2.24) is 14.6 Å². The zero-order valence-electron chi connectivity index (χ0n) is 23.9. The van der Waals surface area contributed by atoms with E-state index in [-0.39, 0.29) is 13.0 Å². The van der Waals surface area contributed by atoms with Gasteiger partial charge in [-0.1, -0.05) is 47.1 Å². The molecule has 2 bridgehead atoms. The minimum atomic E-state index is -2.87. The number of carbonyl (C=O) groups is 2. The Kier molecular flexibility index (Phi) is 14.8. The van der Waals surface area contributed by atoms with Gasteiger partial charge in [-0.2, -0.15) is 0 Å². The second kappa shape index (κ2) is 17.8. The van der Waals surface area contributed by atoms with Crippen molar-refractivity contribution >= 4 is 34.2 Å². The van der Waals surface area contributed by atoms with Crippen LogP contribution in [0.2, 0.25) is 0 Å². The molecule has 0 spiro atoms. The summed E-state index contributed by atoms with van der Waals surface area (Å²) >= 11 is 1.45. The maximum absolute atomic E-state index is 12.6. The van der Waals surface area contributed by atoms with Crippen molar-refractivity contribution in [1.29, 1.82) is 0 Å². The molecular weight excluding hydrogens is 550 g/mol. The predicted octanol–water partition coefficient (Wildman–Crippen LogP) is 3.86. The lowest BCUT2D eigenvalue weighted by atomic mass is 10.1. The van der Waals surface area contributed by atoms with E-state index in [0.717, 1.165) is 34.0 Å². The van der Waals surface area contributed by atoms with Crippen LogP contribution >= 0.6 is 11.3 Å². The molecule has 9 nitrogen and oxygen atoms in total. The van der Waals surface area contributed by atoms with E-state index in [2.05, 4.69) is 20.7 Å². The molecule has 2 atom stereocenters. The number of fused-ring (bicyclic) bond motifs is 2. The lowest BCUT2D eigenvalue weighted by molar-refractivity contribution is -0.144. The standard InChI is InChI=1S/C29H41N3O6S2/c1-21-7-6-8-28(33)38-26(17-23(3)10-9-22(2)13-15-32(4)5)19-27-30-25(20-39-27)12-11-24(31-40(35)36)18-29(34)37-16-14-21/h6-10,13,17,20,24,26,40H,11-12,14-16,18-19H2,1-5H3,(H,31,35,36)/b8-6-,10-9+,21-7+,22-13+,23-17+. The Balaban J connectivity index is 2.27. The topological polar surface area (TPSA) is 115 Å². The molecule has 0 amide bonds. The van der Waals surface area contributed by atoms with Gasteiger partial charge in [-0.15, -0.1) is 11.3 Å². The van der Waals surface area contributed by atoms with Crippen molar-refractivity contribution in [2.75, 3.05) is 27.2 Å². The van der Waals surface area contributed by atoms with Crippen LogP contribution in [0.25, 0.3) is 0 Å². The smallest absolute Gasteiger partial charge is 0.331 e. The number of carbonyl (C=O) groups excluding carboxylic acids is 2. The van der Waals surface area contributed by atoms with E-state index in [0.29, 0.717) is 25.7 Å². The third-order valence-corrected chi connectivity index (χ3v) is 7.40. The zero-order valence-corrected chi connectivity index (χ0v) is 25.6. The summed E-state index contributed by atoms with van der Waals surface area (Å²) < 4.78 is 36.1. The molecule has 40 heavy (non-hydrogen) atoms. The average molecular weight is 592 g/mol. The molecule has 220 valence electrons. The Hall–Kier alpha value is -2.86. The second-order valence-corrected chi connectivity index (χ2v) is 11.8. The van der Waals surface area contributed by atoms with E-state index in [1.54, 1.807) is 12.2 Å². The molecule has 2 rings (SSSR count). The second-order valence-electron chi connectivity index (χ2n) is 10.0. The number of aryl methyl sites for hydroxylation is 1. The van der Waals surface area contributed by atoms with Gasteiger partial charge in [-0.3, -0.25) is 4.79 Å². The maximum Gasteiger partial charge on any atom is 0.331 e. The summed E-state index contributed by atoms with van der Waals surface area (Å²) in [5.74, 6) is -0.938. The van der Waals surface area contributed by atoms with E-state index in [1.165, 1.54) is 17.4 Å². The number of cyclic esters (lactones) is 2. The number of rotatable bonds is 7. The molecular formula is C29H41N3O6S2. The summed E-state index contributed by atoms with van der Waals surface area (Å²) in [6.45, 7) is 6.88. The summed E-state index contributed by atoms with van der Waals surface area (Å²) in [6.07, 6.45) is 14.0. The van der Waals surface area contributed by atoms with Crippen LogP contribution < -0.4 is 4.72 Å². The number of esters is 2. The van der Waals surface area contributed by atoms with Crippen molar-refractivity contribution in [3.63, 3.8) is 0 Å². The van der Waals surface area contributed by atoms with Crippen molar-refractivity contribution in [2.45, 2.75) is 65.0 Å². The van der Waals surface area contributed by atoms with E-state index < -0.39 is 35.0 Å². The number of nitrogens with zero attached hydrogens (tertiary/aromatic N) is 2. The largest absolute Gasteiger partial charge is 0.465 e. The third kappa shape index (κ3) is 14.5. The number of likely N-dealkylation sites (N-methyl/N-ethyl adjacent to an activating group) is 1. The van der Waals surface area contributed by atoms with Gasteiger partial charge < -0.3 is 14.4 Å². The van der Waals surface area contributed by atoms with E-state index in [4.69, 9.17) is 9.47 Å². The molecule has 0 aromatic carbocycles. The molecule has 1 aromatic rings. The minimum Gasteiger partial charge on any atom is -0.465 e. The molecule has 1 aromatic heterocycles. The monoisotopic (exact) mass is 591 g/mol. The van der Waals surface area contributed by atoms with E-state index in [1.807, 2.05) is 58.5 Å². The first kappa shape index (κ1) is 33.3. The molecule has 1 N–H and O–H groups in total. The molecule has 2 unspecified atom stereocenters. The van der Waals surface area contributed by atoms with Gasteiger partial charge >= 0.3 is 11.9 Å². The molecule has 1 aliphatic rings. The molecule has 11 heteroatoms. The van der Waals surface area contributed by atoms with Crippen LogP contribution in [0.4, 0.5) is 0 Å². The SMILES string of the molecule is CC(/C=C/C(C)=C/C1Cc2nc(cs2)CCC(N[SH](=O)=O)CC(=O)OCC/C(C)=C/C=C\C(=O)O1)=C\CN(C)C. The molecule has 0 radical (unpaired) electrons. The highest BCUT2D eigenvalue weighted by Gasteiger charge is 2.18. The number of aromatic nitrogens is 1. The first-order valence-corrected chi connectivity index (χ1v) is 15.3. The number of nitrogens with one attached hydrogen (secondary N) is 1. The number of allylic oxidation sites excluding steroid dienone is 6. The maximum atomic E-state index is 12.6. The van der Waals surface area contributed by atoms with Crippen LogP contribution in [0.3, 0.4) is 0 Å². The van der Waals surface area contributed by atoms with Crippen molar-refractivity contribution < 1.29 is 27.5 Å². The van der Waals surface area contributed by atoms with Gasteiger partial charge in [0, 0.05) is 36.9 Å². The lowest BCUT2D eigenvalue weighted by Crippen LogP contribution is -2.31. The fraction of sp³-hybridized carbons (Fsp3) is 0.483. The highest BCUT2D eigenvalue weighted by Crippen LogP contribution is 2.18. The van der Waals surface area contributed by atoms with Gasteiger partial charge in [-0.05, 0) is 53.8 Å². The van der Waals surface area contributed by atoms with Crippen LogP contribution in [0.5, 0.6) is 0 Å². The fourth-order valence-corrected chi connectivity index (χ4v) is 5.09. The zero-order chi connectivity index (χ0) is 29.5. The van der Waals surface area contributed by atoms with Crippen LogP contribution in [-0.2, 0) is 42.8 Å². The summed E-state index contributed by atoms with van der Waals surface area (Å²) in [5.41, 5.74) is 3.79. The highest BCUT2D eigenvalue weighted by molar-refractivity contribution is 7.70. The number of hydrogen-bond acceptors (Lipinski definition) is 9. The van der Waals surface area contributed by atoms with Gasteiger partial charge in [0.05, 0.1) is 23.7 Å². The van der Waals surface area contributed by atoms with Crippen LogP contribution in [0.1, 0.15) is 50.7 Å². The van der Waals surface area contributed by atoms with Gasteiger partial charge in [-0.25, -0.2) is 22.9 Å². The normalized spacial score (nSPS) is 23.2. The first-order chi connectivity index (χ1) is 19.0. The van der Waals surface area contributed by atoms with Crippen LogP contribution in [0, 0.1) is 0 Å². The number of hydrogen-bond donors (Lipinski definition) is 2. The number of thiol groups is 1. The first-order valence-electron chi connectivity index (χ1n) is 13.2. The van der Waals surface area contributed by atoms with Gasteiger partial charge in [0.15, 0.2) is 0 Å². The van der Waals surface area contributed by atoms with Gasteiger partial charge in [0.1, 0.15) is 6.10 Å². The molecule has 2 heterocycles. The molecule has 0 fully saturated rings. The van der Waals surface area contributed by atoms with E-state index >= 15 is 0 Å². The lowest BCUT2D eigenvalue weighted by Gasteiger charge is -2.14. The van der Waals surface area contributed by atoms with Crippen molar-refractivity contribution in [2.24, 2.45) is 0 Å². The molecule has 0 saturated heterocycles. The number of thiazole rings is 1. The van der Waals surface area contributed by atoms with Crippen LogP contribution in [0.15, 0.2) is 64.6 Å². The Labute approximate surface area is 243 Å². The van der Waals surface area contributed by atoms with Gasteiger partial charge in [0.25, 0.3) is 0 Å². The highest BCUT2D eigenvalue weighted by atomic mass is 32.2. The van der Waals surface area contributed by atoms with E-state index in [9.17, 15) is 18.0 Å². The van der Waals surface area contributed by atoms with Crippen molar-refractivity contribution in [3.05, 3.63) is 75.3 Å². The third-order valence-electron chi connectivity index (χ3n) is 5.90. The Bertz CT molecular complexity index is 1220. The number of ether oxygens (including phenoxy) is 2. The predicted molar refractivity (Wildman–Crippen MR) is 160 cm³/mol. The Morgan fingerprint density at radius 1 is 1.18 bits per heavy atom. The molecule has 1 aliphatic heterocycles.